The van der Waals surface area contributed by atoms with Crippen LogP contribution in [0.3, 0.4) is 0 Å². The second kappa shape index (κ2) is 12.5. The number of aliphatic imine (C=N–C) groups is 1. The Kier molecular flexibility index (Phi) is 9.78. The maximum atomic E-state index is 5.48. The molecule has 1 aliphatic carbocycles. The molecule has 7 nitrogen and oxygen atoms in total. The molecule has 0 atom stereocenters. The lowest BCUT2D eigenvalue weighted by Crippen LogP contribution is -2.40. The van der Waals surface area contributed by atoms with Gasteiger partial charge in [-0.15, -0.1) is 10.2 Å². The van der Waals surface area contributed by atoms with E-state index in [-0.39, 0.29) is 0 Å². The highest BCUT2D eigenvalue weighted by Gasteiger charge is 2.23. The first-order valence-electron chi connectivity index (χ1n) is 11.8. The molecule has 1 aliphatic heterocycles. The van der Waals surface area contributed by atoms with E-state index in [1.807, 2.05) is 0 Å². The number of nitrogens with one attached hydrogen (secondary N) is 1. The minimum atomic E-state index is 0.592. The third-order valence-corrected chi connectivity index (χ3v) is 6.98. The van der Waals surface area contributed by atoms with Crippen molar-refractivity contribution in [3.05, 3.63) is 5.82 Å². The molecule has 0 bridgehead atoms. The van der Waals surface area contributed by atoms with Gasteiger partial charge in [0.2, 0.25) is 0 Å². The van der Waals surface area contributed by atoms with Crippen LogP contribution < -0.4 is 5.32 Å². The zero-order chi connectivity index (χ0) is 21.2. The van der Waals surface area contributed by atoms with Crippen LogP contribution in [0.15, 0.2) is 10.1 Å². The Morgan fingerprint density at radius 2 is 2.00 bits per heavy atom. The molecule has 2 fully saturated rings. The number of aryl methyl sites for hydroxylation is 1. The summed E-state index contributed by atoms with van der Waals surface area (Å²) in [6, 6.07) is 0.592. The average Bonchev–Trinajstić information content (AvgIpc) is 3.44. The van der Waals surface area contributed by atoms with E-state index in [2.05, 4.69) is 45.2 Å². The number of hydrogen-bond acceptors (Lipinski definition) is 5. The smallest absolute Gasteiger partial charge is 0.193 e. The molecule has 3 rings (SSSR count). The molecule has 2 heterocycles. The molecule has 1 aromatic rings. The zero-order valence-corrected chi connectivity index (χ0v) is 19.9. The largest absolute Gasteiger partial charge is 0.381 e. The van der Waals surface area contributed by atoms with Crippen molar-refractivity contribution < 1.29 is 4.74 Å². The standard InChI is InChI=1S/C22H40N6OS/c1-4-23-21(27(2)15-11-18-12-16-29-17-13-18)24-14-7-10-20-25-26-22(30-3)28(20)19-8-5-6-9-19/h18-19H,4-17H2,1-3H3,(H,23,24). The predicted octanol–water partition coefficient (Wildman–Crippen LogP) is 3.76. The zero-order valence-electron chi connectivity index (χ0n) is 19.1. The van der Waals surface area contributed by atoms with Crippen molar-refractivity contribution in [1.29, 1.82) is 0 Å². The molecule has 1 saturated carbocycles. The summed E-state index contributed by atoms with van der Waals surface area (Å²) in [5.41, 5.74) is 0. The van der Waals surface area contributed by atoms with Crippen LogP contribution in [-0.4, -0.2) is 71.8 Å². The summed E-state index contributed by atoms with van der Waals surface area (Å²) in [6.07, 6.45) is 12.8. The number of nitrogens with zero attached hydrogens (tertiary/aromatic N) is 5. The minimum absolute atomic E-state index is 0.592. The van der Waals surface area contributed by atoms with Gasteiger partial charge in [-0.2, -0.15) is 0 Å². The molecule has 0 radical (unpaired) electrons. The highest BCUT2D eigenvalue weighted by atomic mass is 32.2. The van der Waals surface area contributed by atoms with Crippen molar-refractivity contribution >= 4 is 17.7 Å². The molecule has 1 aromatic heterocycles. The summed E-state index contributed by atoms with van der Waals surface area (Å²) in [4.78, 5) is 7.17. The molecule has 0 spiro atoms. The Hall–Kier alpha value is -1.28. The quantitative estimate of drug-likeness (QED) is 0.261. The second-order valence-electron chi connectivity index (χ2n) is 8.52. The van der Waals surface area contributed by atoms with Crippen LogP contribution in [0.5, 0.6) is 0 Å². The average molecular weight is 437 g/mol. The highest BCUT2D eigenvalue weighted by Crippen LogP contribution is 2.33. The molecule has 1 N–H and O–H groups in total. The lowest BCUT2D eigenvalue weighted by molar-refractivity contribution is 0.0625. The number of aromatic nitrogens is 3. The van der Waals surface area contributed by atoms with E-state index in [0.717, 1.165) is 68.5 Å². The molecular formula is C22H40N6OS. The fourth-order valence-corrected chi connectivity index (χ4v) is 5.13. The number of rotatable bonds is 10. The van der Waals surface area contributed by atoms with E-state index in [9.17, 15) is 0 Å². The second-order valence-corrected chi connectivity index (χ2v) is 9.29. The number of hydrogen-bond donors (Lipinski definition) is 1. The molecule has 1 saturated heterocycles. The Morgan fingerprint density at radius 3 is 2.70 bits per heavy atom. The highest BCUT2D eigenvalue weighted by molar-refractivity contribution is 7.98. The van der Waals surface area contributed by atoms with Crippen molar-refractivity contribution in [3.8, 4) is 0 Å². The topological polar surface area (TPSA) is 67.6 Å². The van der Waals surface area contributed by atoms with Gasteiger partial charge in [0, 0.05) is 52.4 Å². The van der Waals surface area contributed by atoms with Gasteiger partial charge in [-0.25, -0.2) is 0 Å². The van der Waals surface area contributed by atoms with Crippen LogP contribution in [0.1, 0.15) is 70.2 Å². The van der Waals surface area contributed by atoms with E-state index < -0.39 is 0 Å². The van der Waals surface area contributed by atoms with Gasteiger partial charge in [-0.05, 0) is 57.6 Å². The molecule has 2 aliphatic rings. The Bertz CT molecular complexity index is 652. The van der Waals surface area contributed by atoms with Gasteiger partial charge in [0.1, 0.15) is 5.82 Å². The lowest BCUT2D eigenvalue weighted by Gasteiger charge is -2.26. The van der Waals surface area contributed by atoms with Gasteiger partial charge in [0.15, 0.2) is 11.1 Å². The normalized spacial score (nSPS) is 18.8. The van der Waals surface area contributed by atoms with E-state index in [4.69, 9.17) is 9.73 Å². The molecule has 170 valence electrons. The van der Waals surface area contributed by atoms with Gasteiger partial charge in [-0.3, -0.25) is 4.99 Å². The Labute approximate surface area is 186 Å². The summed E-state index contributed by atoms with van der Waals surface area (Å²) in [5.74, 6) is 2.95. The third-order valence-electron chi connectivity index (χ3n) is 6.34. The maximum absolute atomic E-state index is 5.48. The molecule has 0 aromatic carbocycles. The van der Waals surface area contributed by atoms with Crippen molar-refractivity contribution in [1.82, 2.24) is 25.0 Å². The minimum Gasteiger partial charge on any atom is -0.381 e. The molecule has 8 heteroatoms. The monoisotopic (exact) mass is 436 g/mol. The first-order valence-corrected chi connectivity index (χ1v) is 13.0. The fraction of sp³-hybridized carbons (Fsp3) is 0.864. The summed E-state index contributed by atoms with van der Waals surface area (Å²) >= 11 is 1.71. The first kappa shape index (κ1) is 23.4. The molecule has 30 heavy (non-hydrogen) atoms. The van der Waals surface area contributed by atoms with Gasteiger partial charge < -0.3 is 19.5 Å². The van der Waals surface area contributed by atoms with Gasteiger partial charge in [-0.1, -0.05) is 24.6 Å². The first-order chi connectivity index (χ1) is 14.7. The summed E-state index contributed by atoms with van der Waals surface area (Å²) in [6.45, 7) is 6.74. The van der Waals surface area contributed by atoms with Crippen molar-refractivity contribution in [3.63, 3.8) is 0 Å². The van der Waals surface area contributed by atoms with E-state index in [1.54, 1.807) is 11.8 Å². The number of thioether (sulfide) groups is 1. The van der Waals surface area contributed by atoms with Crippen LogP contribution in [0.2, 0.25) is 0 Å². The van der Waals surface area contributed by atoms with Crippen molar-refractivity contribution in [2.24, 2.45) is 10.9 Å². The van der Waals surface area contributed by atoms with E-state index in [0.29, 0.717) is 6.04 Å². The van der Waals surface area contributed by atoms with Gasteiger partial charge >= 0.3 is 0 Å². The van der Waals surface area contributed by atoms with E-state index >= 15 is 0 Å². The van der Waals surface area contributed by atoms with Crippen LogP contribution in [0, 0.1) is 5.92 Å². The molecule has 0 amide bonds. The Morgan fingerprint density at radius 1 is 1.23 bits per heavy atom. The fourth-order valence-electron chi connectivity index (χ4n) is 4.56. The lowest BCUT2D eigenvalue weighted by atomic mass is 9.96. The maximum Gasteiger partial charge on any atom is 0.193 e. The number of ether oxygens (including phenoxy) is 1. The summed E-state index contributed by atoms with van der Waals surface area (Å²) in [7, 11) is 2.16. The van der Waals surface area contributed by atoms with Crippen LogP contribution >= 0.6 is 11.8 Å². The van der Waals surface area contributed by atoms with Gasteiger partial charge in [0.05, 0.1) is 0 Å². The Balaban J connectivity index is 1.50. The van der Waals surface area contributed by atoms with Crippen LogP contribution in [0.4, 0.5) is 0 Å². The van der Waals surface area contributed by atoms with Crippen LogP contribution in [0.25, 0.3) is 0 Å². The van der Waals surface area contributed by atoms with Crippen molar-refractivity contribution in [2.45, 2.75) is 75.9 Å². The molecular weight excluding hydrogens is 396 g/mol. The number of guanidine groups is 1. The SMILES string of the molecule is CCNC(=NCCCc1nnc(SC)n1C1CCCC1)N(C)CCC1CCOCC1. The van der Waals surface area contributed by atoms with Crippen LogP contribution in [-0.2, 0) is 11.2 Å². The molecule has 0 unspecified atom stereocenters. The van der Waals surface area contributed by atoms with Gasteiger partial charge in [0.25, 0.3) is 0 Å². The van der Waals surface area contributed by atoms with Crippen molar-refractivity contribution in [2.75, 3.05) is 46.2 Å². The predicted molar refractivity (Wildman–Crippen MR) is 124 cm³/mol. The third kappa shape index (κ3) is 6.61. The van der Waals surface area contributed by atoms with E-state index in [1.165, 1.54) is 44.9 Å². The summed E-state index contributed by atoms with van der Waals surface area (Å²) in [5, 5.41) is 13.5. The summed E-state index contributed by atoms with van der Waals surface area (Å²) < 4.78 is 7.89.